The Balaban J connectivity index is 1.61. The van der Waals surface area contributed by atoms with E-state index < -0.39 is 4.92 Å². The van der Waals surface area contributed by atoms with E-state index in [1.165, 1.54) is 36.2 Å². The van der Waals surface area contributed by atoms with Crippen molar-refractivity contribution in [1.82, 2.24) is 5.43 Å². The summed E-state index contributed by atoms with van der Waals surface area (Å²) in [6, 6.07) is 17.9. The zero-order chi connectivity index (χ0) is 19.2. The van der Waals surface area contributed by atoms with Crippen LogP contribution in [0, 0.1) is 10.1 Å². The Labute approximate surface area is 164 Å². The van der Waals surface area contributed by atoms with E-state index in [2.05, 4.69) is 10.5 Å². The Morgan fingerprint density at radius 2 is 1.96 bits per heavy atom. The van der Waals surface area contributed by atoms with E-state index >= 15 is 0 Å². The van der Waals surface area contributed by atoms with E-state index in [0.29, 0.717) is 10.6 Å². The summed E-state index contributed by atoms with van der Waals surface area (Å²) in [6.45, 7) is 0. The van der Waals surface area contributed by atoms with E-state index in [9.17, 15) is 14.9 Å². The number of nitro groups is 1. The third-order valence-corrected chi connectivity index (χ3v) is 5.11. The molecular weight excluding hydrogens is 386 g/mol. The Bertz CT molecular complexity index is 1030. The number of hydrogen-bond acceptors (Lipinski definition) is 5. The third-order valence-electron chi connectivity index (χ3n) is 3.69. The molecule has 0 bridgehead atoms. The minimum atomic E-state index is -0.521. The third kappa shape index (κ3) is 4.84. The van der Waals surface area contributed by atoms with Crippen LogP contribution in [-0.4, -0.2) is 22.8 Å². The summed E-state index contributed by atoms with van der Waals surface area (Å²) in [5.41, 5.74) is 2.66. The van der Waals surface area contributed by atoms with Crippen LogP contribution in [0.3, 0.4) is 0 Å². The van der Waals surface area contributed by atoms with Gasteiger partial charge in [0.2, 0.25) is 5.91 Å². The largest absolute Gasteiger partial charge is 0.272 e. The first-order chi connectivity index (χ1) is 13.0. The Kier molecular flexibility index (Phi) is 6.05. The van der Waals surface area contributed by atoms with Crippen LogP contribution < -0.4 is 5.43 Å². The SMILES string of the molecule is O=C(CSc1cccc2ccccc12)N/N=C/c1cc([N+](=O)[O-])ccc1Cl. The van der Waals surface area contributed by atoms with E-state index in [-0.39, 0.29) is 17.3 Å². The monoisotopic (exact) mass is 399 g/mol. The first-order valence-corrected chi connectivity index (χ1v) is 9.27. The molecule has 0 unspecified atom stereocenters. The quantitative estimate of drug-likeness (QED) is 0.283. The lowest BCUT2D eigenvalue weighted by molar-refractivity contribution is -0.384. The van der Waals surface area contributed by atoms with Crippen LogP contribution in [0.15, 0.2) is 70.7 Å². The van der Waals surface area contributed by atoms with E-state index in [1.807, 2.05) is 42.5 Å². The maximum absolute atomic E-state index is 12.0. The molecule has 1 amide bonds. The number of non-ortho nitro benzene ring substituents is 1. The summed E-state index contributed by atoms with van der Waals surface area (Å²) in [7, 11) is 0. The molecule has 27 heavy (non-hydrogen) atoms. The van der Waals surface area contributed by atoms with Crippen molar-refractivity contribution < 1.29 is 9.72 Å². The minimum absolute atomic E-state index is 0.0984. The molecule has 0 aliphatic rings. The van der Waals surface area contributed by atoms with Crippen molar-refractivity contribution in [2.45, 2.75) is 4.90 Å². The maximum atomic E-state index is 12.0. The number of amides is 1. The number of hydrazone groups is 1. The number of rotatable bonds is 6. The van der Waals surface area contributed by atoms with Crippen molar-refractivity contribution in [3.8, 4) is 0 Å². The Morgan fingerprint density at radius 3 is 2.78 bits per heavy atom. The van der Waals surface area contributed by atoms with Gasteiger partial charge in [0.25, 0.3) is 5.69 Å². The molecule has 0 aliphatic carbocycles. The zero-order valence-electron chi connectivity index (χ0n) is 14.0. The first kappa shape index (κ1) is 18.9. The number of nitrogens with zero attached hydrogens (tertiary/aromatic N) is 2. The number of benzene rings is 3. The van der Waals surface area contributed by atoms with Crippen LogP contribution in [-0.2, 0) is 4.79 Å². The number of hydrogen-bond donors (Lipinski definition) is 1. The topological polar surface area (TPSA) is 84.6 Å². The van der Waals surface area contributed by atoms with Crippen LogP contribution in [0.2, 0.25) is 5.02 Å². The molecule has 0 fully saturated rings. The van der Waals surface area contributed by atoms with Crippen molar-refractivity contribution >= 4 is 51.9 Å². The van der Waals surface area contributed by atoms with Gasteiger partial charge >= 0.3 is 0 Å². The first-order valence-electron chi connectivity index (χ1n) is 7.91. The van der Waals surface area contributed by atoms with Crippen LogP contribution in [0.4, 0.5) is 5.69 Å². The molecular formula is C19H14ClN3O3S. The second kappa shape index (κ2) is 8.66. The molecule has 0 aromatic heterocycles. The summed E-state index contributed by atoms with van der Waals surface area (Å²) in [4.78, 5) is 23.3. The molecule has 0 spiro atoms. The van der Waals surface area contributed by atoms with Gasteiger partial charge in [0.15, 0.2) is 0 Å². The van der Waals surface area contributed by atoms with E-state index in [0.717, 1.165) is 15.7 Å². The highest BCUT2D eigenvalue weighted by Crippen LogP contribution is 2.27. The van der Waals surface area contributed by atoms with Crippen LogP contribution in [0.5, 0.6) is 0 Å². The standard InChI is InChI=1S/C19H14ClN3O3S/c20-17-9-8-15(23(25)26)10-14(17)11-21-22-19(24)12-27-18-7-3-5-13-4-1-2-6-16(13)18/h1-11H,12H2,(H,22,24)/b21-11+. The number of nitrogens with one attached hydrogen (secondary N) is 1. The molecule has 3 aromatic rings. The maximum Gasteiger partial charge on any atom is 0.270 e. The fourth-order valence-corrected chi connectivity index (χ4v) is 3.45. The number of carbonyl (C=O) groups is 1. The van der Waals surface area contributed by atoms with Crippen molar-refractivity contribution in [1.29, 1.82) is 0 Å². The highest BCUT2D eigenvalue weighted by Gasteiger charge is 2.09. The fraction of sp³-hybridized carbons (Fsp3) is 0.0526. The van der Waals surface area contributed by atoms with Gasteiger partial charge < -0.3 is 0 Å². The molecule has 8 heteroatoms. The molecule has 0 heterocycles. The highest BCUT2D eigenvalue weighted by atomic mass is 35.5. The summed E-state index contributed by atoms with van der Waals surface area (Å²) in [6.07, 6.45) is 1.29. The number of thioether (sulfide) groups is 1. The fourth-order valence-electron chi connectivity index (χ4n) is 2.41. The molecule has 136 valence electrons. The predicted molar refractivity (Wildman–Crippen MR) is 109 cm³/mol. The molecule has 6 nitrogen and oxygen atoms in total. The molecule has 0 saturated carbocycles. The number of fused-ring (bicyclic) bond motifs is 1. The van der Waals surface area contributed by atoms with Crippen LogP contribution in [0.25, 0.3) is 10.8 Å². The van der Waals surface area contributed by atoms with Gasteiger partial charge in [0.1, 0.15) is 0 Å². The van der Waals surface area contributed by atoms with Crippen LogP contribution in [0.1, 0.15) is 5.56 Å². The molecule has 3 rings (SSSR count). The summed E-state index contributed by atoms with van der Waals surface area (Å²) < 4.78 is 0. The molecule has 0 radical (unpaired) electrons. The Hall–Kier alpha value is -2.90. The van der Waals surface area contributed by atoms with Gasteiger partial charge in [-0.3, -0.25) is 14.9 Å². The van der Waals surface area contributed by atoms with Gasteiger partial charge in [-0.25, -0.2) is 5.43 Å². The number of nitro benzene ring substituents is 1. The molecule has 3 aromatic carbocycles. The van der Waals surface area contributed by atoms with Crippen molar-refractivity contribution in [2.75, 3.05) is 5.75 Å². The number of halogens is 1. The predicted octanol–water partition coefficient (Wildman–Crippen LogP) is 4.64. The van der Waals surface area contributed by atoms with Gasteiger partial charge in [-0.15, -0.1) is 11.8 Å². The highest BCUT2D eigenvalue weighted by molar-refractivity contribution is 8.00. The average Bonchev–Trinajstić information content (AvgIpc) is 2.67. The van der Waals surface area contributed by atoms with Crippen molar-refractivity contribution in [2.24, 2.45) is 5.10 Å². The molecule has 0 saturated heterocycles. The van der Waals surface area contributed by atoms with Crippen molar-refractivity contribution in [3.05, 3.63) is 81.4 Å². The second-order valence-electron chi connectivity index (χ2n) is 5.52. The molecule has 1 N–H and O–H groups in total. The van der Waals surface area contributed by atoms with Crippen molar-refractivity contribution in [3.63, 3.8) is 0 Å². The summed E-state index contributed by atoms with van der Waals surface area (Å²) in [5, 5.41) is 17.1. The minimum Gasteiger partial charge on any atom is -0.272 e. The van der Waals surface area contributed by atoms with E-state index in [1.54, 1.807) is 0 Å². The molecule has 0 aliphatic heterocycles. The van der Waals surface area contributed by atoms with Crippen LogP contribution >= 0.6 is 23.4 Å². The average molecular weight is 400 g/mol. The summed E-state index contributed by atoms with van der Waals surface area (Å²) >= 11 is 7.39. The summed E-state index contributed by atoms with van der Waals surface area (Å²) in [5.74, 6) is -0.0978. The van der Waals surface area contributed by atoms with Gasteiger partial charge in [-0.2, -0.15) is 5.10 Å². The molecule has 0 atom stereocenters. The second-order valence-corrected chi connectivity index (χ2v) is 6.95. The van der Waals surface area contributed by atoms with Gasteiger partial charge in [-0.1, -0.05) is 48.0 Å². The van der Waals surface area contributed by atoms with Gasteiger partial charge in [0, 0.05) is 27.6 Å². The van der Waals surface area contributed by atoms with E-state index in [4.69, 9.17) is 11.6 Å². The lowest BCUT2D eigenvalue weighted by Crippen LogP contribution is -2.19. The van der Waals surface area contributed by atoms with Gasteiger partial charge in [0.05, 0.1) is 16.9 Å². The normalized spacial score (nSPS) is 11.0. The van der Waals surface area contributed by atoms with Gasteiger partial charge in [-0.05, 0) is 22.9 Å². The Morgan fingerprint density at radius 1 is 1.19 bits per heavy atom. The number of carbonyl (C=O) groups excluding carboxylic acids is 1. The zero-order valence-corrected chi connectivity index (χ0v) is 15.5. The lowest BCUT2D eigenvalue weighted by Gasteiger charge is -2.05. The smallest absolute Gasteiger partial charge is 0.270 e. The lowest BCUT2D eigenvalue weighted by atomic mass is 10.1.